The summed E-state index contributed by atoms with van der Waals surface area (Å²) >= 11 is 0. The molecule has 0 bridgehead atoms. The van der Waals surface area contributed by atoms with Crippen LogP contribution in [0.1, 0.15) is 140 Å². The molecule has 0 saturated heterocycles. The van der Waals surface area contributed by atoms with E-state index in [1.165, 1.54) is 163 Å². The van der Waals surface area contributed by atoms with Gasteiger partial charge in [-0.15, -0.1) is 0 Å². The standard InChI is InChI=1S/C44H60P2/c1-5-22-39(23-6-1)45(40-24-7-2-8-25-40)33-37-18-13-15-30-43(37)35-20-17-21-36(32-35)44-31-16-14-19-38(44)34-46(41-26-9-3-10-27-41)42-28-11-4-12-29-42/h13-21,30-32,39-42H,1-12,22-29,33-34H2. The molecular formula is C44H60P2. The van der Waals surface area contributed by atoms with Crippen molar-refractivity contribution in [3.63, 3.8) is 0 Å². The topological polar surface area (TPSA) is 0 Å². The second-order valence-electron chi connectivity index (χ2n) is 15.4. The fourth-order valence-electron chi connectivity index (χ4n) is 9.89. The minimum absolute atomic E-state index is 0.0424. The average Bonchev–Trinajstić information content (AvgIpc) is 3.14. The molecule has 3 aromatic carbocycles. The number of hydrogen-bond acceptors (Lipinski definition) is 0. The molecule has 7 rings (SSSR count). The molecular weight excluding hydrogens is 590 g/mol. The van der Waals surface area contributed by atoms with Crippen LogP contribution in [0.25, 0.3) is 22.3 Å². The van der Waals surface area contributed by atoms with Gasteiger partial charge in [-0.3, -0.25) is 0 Å². The second-order valence-corrected chi connectivity index (χ2v) is 21.0. The number of hydrogen-bond donors (Lipinski definition) is 0. The van der Waals surface area contributed by atoms with Crippen molar-refractivity contribution < 1.29 is 0 Å². The van der Waals surface area contributed by atoms with Crippen LogP contribution in [0.3, 0.4) is 0 Å². The number of rotatable bonds is 10. The van der Waals surface area contributed by atoms with E-state index in [0.29, 0.717) is 0 Å². The van der Waals surface area contributed by atoms with Crippen molar-refractivity contribution in [1.29, 1.82) is 0 Å². The first kappa shape index (κ1) is 33.0. The molecule has 3 aromatic rings. The molecule has 0 nitrogen and oxygen atoms in total. The lowest BCUT2D eigenvalue weighted by atomic mass is 9.94. The molecule has 4 fully saturated rings. The zero-order valence-corrected chi connectivity index (χ0v) is 30.5. The van der Waals surface area contributed by atoms with Gasteiger partial charge in [0.1, 0.15) is 0 Å². The molecule has 246 valence electrons. The molecule has 0 spiro atoms. The molecule has 0 radical (unpaired) electrons. The smallest absolute Gasteiger partial charge is 0.00620 e. The molecule has 0 N–H and O–H groups in total. The highest BCUT2D eigenvalue weighted by molar-refractivity contribution is 7.58. The minimum atomic E-state index is 0.0424. The van der Waals surface area contributed by atoms with E-state index in [0.717, 1.165) is 22.6 Å². The molecule has 0 aromatic heterocycles. The van der Waals surface area contributed by atoms with E-state index < -0.39 is 0 Å². The van der Waals surface area contributed by atoms with Crippen LogP contribution in [0.15, 0.2) is 72.8 Å². The van der Waals surface area contributed by atoms with Gasteiger partial charge in [-0.2, -0.15) is 0 Å². The minimum Gasteiger partial charge on any atom is -0.0958 e. The van der Waals surface area contributed by atoms with Crippen molar-refractivity contribution in [1.82, 2.24) is 0 Å². The van der Waals surface area contributed by atoms with Crippen LogP contribution < -0.4 is 0 Å². The van der Waals surface area contributed by atoms with Gasteiger partial charge in [0.25, 0.3) is 0 Å². The van der Waals surface area contributed by atoms with Crippen LogP contribution in [-0.4, -0.2) is 22.6 Å². The first-order chi connectivity index (χ1) is 22.8. The Balaban J connectivity index is 1.17. The number of benzene rings is 3. The lowest BCUT2D eigenvalue weighted by Gasteiger charge is -2.39. The van der Waals surface area contributed by atoms with E-state index in [4.69, 9.17) is 0 Å². The Hall–Kier alpha value is -1.48. The average molecular weight is 651 g/mol. The summed E-state index contributed by atoms with van der Waals surface area (Å²) in [5, 5.41) is 0. The van der Waals surface area contributed by atoms with Gasteiger partial charge in [-0.1, -0.05) is 160 Å². The highest BCUT2D eigenvalue weighted by Gasteiger charge is 2.33. The summed E-state index contributed by atoms with van der Waals surface area (Å²) in [5.41, 5.74) is 13.2. The third-order valence-electron chi connectivity index (χ3n) is 12.4. The third kappa shape index (κ3) is 8.20. The van der Waals surface area contributed by atoms with Crippen molar-refractivity contribution in [3.8, 4) is 22.3 Å². The summed E-state index contributed by atoms with van der Waals surface area (Å²) < 4.78 is 0. The monoisotopic (exact) mass is 650 g/mol. The van der Waals surface area contributed by atoms with E-state index in [-0.39, 0.29) is 15.8 Å². The first-order valence-corrected chi connectivity index (χ1v) is 22.9. The molecule has 0 amide bonds. The van der Waals surface area contributed by atoms with Crippen molar-refractivity contribution in [2.45, 2.75) is 163 Å². The van der Waals surface area contributed by atoms with Crippen molar-refractivity contribution in [2.75, 3.05) is 0 Å². The van der Waals surface area contributed by atoms with Gasteiger partial charge in [0.05, 0.1) is 0 Å². The second kappa shape index (κ2) is 16.8. The molecule has 4 saturated carbocycles. The van der Waals surface area contributed by atoms with Gasteiger partial charge < -0.3 is 0 Å². The molecule has 4 aliphatic carbocycles. The Morgan fingerprint density at radius 2 is 0.696 bits per heavy atom. The first-order valence-electron chi connectivity index (χ1n) is 19.6. The Labute approximate surface area is 284 Å². The molecule has 46 heavy (non-hydrogen) atoms. The van der Waals surface area contributed by atoms with E-state index in [1.54, 1.807) is 11.1 Å². The van der Waals surface area contributed by atoms with Crippen molar-refractivity contribution >= 4 is 15.8 Å². The lowest BCUT2D eigenvalue weighted by Crippen LogP contribution is -2.21. The van der Waals surface area contributed by atoms with Gasteiger partial charge in [-0.25, -0.2) is 0 Å². The van der Waals surface area contributed by atoms with E-state index >= 15 is 0 Å². The zero-order valence-electron chi connectivity index (χ0n) is 28.7. The summed E-state index contributed by atoms with van der Waals surface area (Å²) in [5.74, 6) is 0. The SMILES string of the molecule is c1cc(-c2ccccc2CP(C2CCCCC2)C2CCCCC2)cc(-c2ccccc2CP(C2CCCCC2)C2CCCCC2)c1. The Bertz CT molecular complexity index is 1220. The van der Waals surface area contributed by atoms with Crippen LogP contribution in [0, 0.1) is 0 Å². The highest BCUT2D eigenvalue weighted by atomic mass is 31.1. The fraction of sp³-hybridized carbons (Fsp3) is 0.591. The van der Waals surface area contributed by atoms with Crippen LogP contribution in [-0.2, 0) is 12.3 Å². The molecule has 0 aliphatic heterocycles. The molecule has 0 atom stereocenters. The van der Waals surface area contributed by atoms with Gasteiger partial charge in [0, 0.05) is 0 Å². The van der Waals surface area contributed by atoms with Gasteiger partial charge in [-0.05, 0) is 126 Å². The predicted octanol–water partition coefficient (Wildman–Crippen LogP) is 14.3. The van der Waals surface area contributed by atoms with Crippen molar-refractivity contribution in [3.05, 3.63) is 83.9 Å². The molecule has 0 heterocycles. The fourth-order valence-corrected chi connectivity index (χ4v) is 17.6. The Morgan fingerprint density at radius 1 is 0.370 bits per heavy atom. The molecule has 4 aliphatic rings. The van der Waals surface area contributed by atoms with Crippen LogP contribution >= 0.6 is 15.8 Å². The van der Waals surface area contributed by atoms with Gasteiger partial charge in [0.2, 0.25) is 0 Å². The molecule has 2 heteroatoms. The normalized spacial score (nSPS) is 21.3. The van der Waals surface area contributed by atoms with Crippen LogP contribution in [0.2, 0.25) is 0 Å². The quantitative estimate of drug-likeness (QED) is 0.192. The van der Waals surface area contributed by atoms with Crippen LogP contribution in [0.4, 0.5) is 0 Å². The Morgan fingerprint density at radius 3 is 1.04 bits per heavy atom. The van der Waals surface area contributed by atoms with Crippen molar-refractivity contribution in [2.24, 2.45) is 0 Å². The van der Waals surface area contributed by atoms with Crippen LogP contribution in [0.5, 0.6) is 0 Å². The summed E-state index contributed by atoms with van der Waals surface area (Å²) in [6.45, 7) is 0. The lowest BCUT2D eigenvalue weighted by molar-refractivity contribution is 0.484. The largest absolute Gasteiger partial charge is 0.0958 e. The summed E-state index contributed by atoms with van der Waals surface area (Å²) in [7, 11) is 0.0847. The Kier molecular flexibility index (Phi) is 12.0. The summed E-state index contributed by atoms with van der Waals surface area (Å²) in [6, 6.07) is 28.9. The predicted molar refractivity (Wildman–Crippen MR) is 206 cm³/mol. The van der Waals surface area contributed by atoms with E-state index in [2.05, 4.69) is 72.8 Å². The van der Waals surface area contributed by atoms with Gasteiger partial charge >= 0.3 is 0 Å². The summed E-state index contributed by atoms with van der Waals surface area (Å²) in [6.07, 6.45) is 32.4. The van der Waals surface area contributed by atoms with E-state index in [9.17, 15) is 0 Å². The zero-order chi connectivity index (χ0) is 31.0. The molecule has 0 unspecified atom stereocenters. The van der Waals surface area contributed by atoms with Gasteiger partial charge in [0.15, 0.2) is 0 Å². The van der Waals surface area contributed by atoms with E-state index in [1.807, 2.05) is 0 Å². The maximum atomic E-state index is 2.56. The maximum Gasteiger partial charge on any atom is -0.00620 e. The summed E-state index contributed by atoms with van der Waals surface area (Å²) in [4.78, 5) is 0. The highest BCUT2D eigenvalue weighted by Crippen LogP contribution is 2.59. The third-order valence-corrected chi connectivity index (χ3v) is 19.6. The maximum absolute atomic E-state index is 2.56.